The van der Waals surface area contributed by atoms with E-state index in [9.17, 15) is 19.2 Å². The molecule has 1 N–H and O–H groups in total. The summed E-state index contributed by atoms with van der Waals surface area (Å²) in [5.41, 5.74) is 1.60. The summed E-state index contributed by atoms with van der Waals surface area (Å²) in [6.07, 6.45) is 1.41. The second kappa shape index (κ2) is 10.5. The molecule has 0 aliphatic carbocycles. The summed E-state index contributed by atoms with van der Waals surface area (Å²) in [6.45, 7) is 1.66. The number of carbonyl (C=O) groups excluding carboxylic acids is 4. The van der Waals surface area contributed by atoms with Crippen LogP contribution in [0.4, 0.5) is 4.79 Å². The second-order valence-corrected chi connectivity index (χ2v) is 9.47. The van der Waals surface area contributed by atoms with Crippen LogP contribution in [0.5, 0.6) is 5.75 Å². The molecule has 1 aromatic heterocycles. The normalized spacial score (nSPS) is 14.2. The Balaban J connectivity index is 1.60. The van der Waals surface area contributed by atoms with Gasteiger partial charge in [-0.05, 0) is 65.3 Å². The van der Waals surface area contributed by atoms with Gasteiger partial charge in [0.1, 0.15) is 11.5 Å². The number of ether oxygens (including phenoxy) is 2. The van der Waals surface area contributed by atoms with E-state index < -0.39 is 23.9 Å². The third-order valence-electron chi connectivity index (χ3n) is 5.11. The third kappa shape index (κ3) is 5.42. The Morgan fingerprint density at radius 2 is 1.86 bits per heavy atom. The van der Waals surface area contributed by atoms with Gasteiger partial charge in [0.15, 0.2) is 5.75 Å². The topological polar surface area (TPSA) is 115 Å². The third-order valence-corrected chi connectivity index (χ3v) is 6.16. The number of urea groups is 1. The summed E-state index contributed by atoms with van der Waals surface area (Å²) in [7, 11) is 1.21. The lowest BCUT2D eigenvalue weighted by Gasteiger charge is -2.12. The zero-order chi connectivity index (χ0) is 26.0. The van der Waals surface area contributed by atoms with Crippen molar-refractivity contribution in [2.75, 3.05) is 7.11 Å². The Bertz CT molecular complexity index is 1430. The van der Waals surface area contributed by atoms with Crippen molar-refractivity contribution in [1.29, 1.82) is 0 Å². The quantitative estimate of drug-likeness (QED) is 0.175. The molecule has 0 radical (unpaired) electrons. The largest absolute Gasteiger partial charge is 0.463 e. The number of methoxy groups -OCH3 is 1. The fraction of sp³-hybridized carbons (Fsp3) is 0.120. The highest BCUT2D eigenvalue weighted by molar-refractivity contribution is 9.11. The lowest BCUT2D eigenvalue weighted by molar-refractivity contribution is -0.123. The number of imide groups is 1. The molecule has 184 valence electrons. The van der Waals surface area contributed by atoms with Crippen LogP contribution in [0.1, 0.15) is 37.8 Å². The molecule has 1 saturated heterocycles. The molecule has 1 fully saturated rings. The van der Waals surface area contributed by atoms with E-state index in [-0.39, 0.29) is 29.5 Å². The Labute approximate surface area is 222 Å². The Kier molecular flexibility index (Phi) is 7.41. The summed E-state index contributed by atoms with van der Waals surface area (Å²) in [6, 6.07) is 12.5. The minimum absolute atomic E-state index is 0.0300. The number of amides is 3. The molecule has 0 saturated carbocycles. The van der Waals surface area contributed by atoms with Crippen molar-refractivity contribution in [2.45, 2.75) is 13.5 Å². The molecule has 0 atom stereocenters. The standard InChI is InChI=1S/C25H18Br2N2O7/c1-13-4-3-5-14(8-13)23(31)36-21-15(9-16(26)11-18(21)27)10-19-22(30)29(25(33)28-19)12-17-6-7-20(35-17)24(32)34-2/h3-11H,12H2,1-2H3,(H,28,33)/b19-10+. The summed E-state index contributed by atoms with van der Waals surface area (Å²) < 4.78 is 16.7. The molecule has 1 aliphatic rings. The molecular weight excluding hydrogens is 600 g/mol. The van der Waals surface area contributed by atoms with Crippen molar-refractivity contribution >= 4 is 61.8 Å². The number of furan rings is 1. The first-order valence-corrected chi connectivity index (χ1v) is 12.0. The van der Waals surface area contributed by atoms with Gasteiger partial charge >= 0.3 is 18.0 Å². The Morgan fingerprint density at radius 3 is 2.58 bits per heavy atom. The molecule has 9 nitrogen and oxygen atoms in total. The van der Waals surface area contributed by atoms with Gasteiger partial charge in [-0.25, -0.2) is 14.4 Å². The lowest BCUT2D eigenvalue weighted by atomic mass is 10.1. The molecular formula is C25H18Br2N2O7. The zero-order valence-electron chi connectivity index (χ0n) is 19.0. The van der Waals surface area contributed by atoms with Crippen LogP contribution in [0.3, 0.4) is 0 Å². The fourth-order valence-corrected chi connectivity index (χ4v) is 4.76. The Morgan fingerprint density at radius 1 is 1.08 bits per heavy atom. The van der Waals surface area contributed by atoms with Crippen molar-refractivity contribution in [2.24, 2.45) is 0 Å². The van der Waals surface area contributed by atoms with Gasteiger partial charge in [-0.2, -0.15) is 0 Å². The highest BCUT2D eigenvalue weighted by Gasteiger charge is 2.35. The number of rotatable bonds is 6. The van der Waals surface area contributed by atoms with Crippen LogP contribution in [0, 0.1) is 6.92 Å². The summed E-state index contributed by atoms with van der Waals surface area (Å²) in [5, 5.41) is 2.52. The molecule has 0 spiro atoms. The maximum atomic E-state index is 13.0. The van der Waals surface area contributed by atoms with Crippen molar-refractivity contribution in [3.8, 4) is 5.75 Å². The monoisotopic (exact) mass is 616 g/mol. The number of nitrogens with one attached hydrogen (secondary N) is 1. The smallest absolute Gasteiger partial charge is 0.373 e. The van der Waals surface area contributed by atoms with Crippen LogP contribution in [0.2, 0.25) is 0 Å². The number of halogens is 2. The van der Waals surface area contributed by atoms with Crippen LogP contribution in [0.15, 0.2) is 67.6 Å². The first kappa shape index (κ1) is 25.4. The predicted molar refractivity (Wildman–Crippen MR) is 135 cm³/mol. The van der Waals surface area contributed by atoms with Gasteiger partial charge in [-0.1, -0.05) is 33.6 Å². The highest BCUT2D eigenvalue weighted by atomic mass is 79.9. The molecule has 3 amide bonds. The molecule has 0 unspecified atom stereocenters. The van der Waals surface area contributed by atoms with Crippen molar-refractivity contribution in [3.05, 3.63) is 91.4 Å². The number of nitrogens with zero attached hydrogens (tertiary/aromatic N) is 1. The molecule has 0 bridgehead atoms. The molecule has 4 rings (SSSR count). The van der Waals surface area contributed by atoms with Crippen LogP contribution in [-0.4, -0.2) is 35.9 Å². The van der Waals surface area contributed by atoms with Gasteiger partial charge in [-0.3, -0.25) is 9.69 Å². The van der Waals surface area contributed by atoms with Crippen molar-refractivity contribution in [3.63, 3.8) is 0 Å². The van der Waals surface area contributed by atoms with Crippen molar-refractivity contribution < 1.29 is 33.1 Å². The molecule has 36 heavy (non-hydrogen) atoms. The van der Waals surface area contributed by atoms with E-state index in [1.54, 1.807) is 30.3 Å². The fourth-order valence-electron chi connectivity index (χ4n) is 3.42. The maximum absolute atomic E-state index is 13.0. The van der Waals surface area contributed by atoms with E-state index in [4.69, 9.17) is 9.15 Å². The van der Waals surface area contributed by atoms with E-state index in [1.165, 1.54) is 25.3 Å². The van der Waals surface area contributed by atoms with Crippen LogP contribution >= 0.6 is 31.9 Å². The van der Waals surface area contributed by atoms with Crippen molar-refractivity contribution in [1.82, 2.24) is 10.2 Å². The van der Waals surface area contributed by atoms with Gasteiger partial charge in [0.05, 0.1) is 23.7 Å². The predicted octanol–water partition coefficient (Wildman–Crippen LogP) is 5.21. The summed E-state index contributed by atoms with van der Waals surface area (Å²) in [4.78, 5) is 50.8. The number of hydrogen-bond donors (Lipinski definition) is 1. The second-order valence-electron chi connectivity index (χ2n) is 7.70. The number of hydrogen-bond acceptors (Lipinski definition) is 7. The number of carbonyl (C=O) groups is 4. The summed E-state index contributed by atoms with van der Waals surface area (Å²) in [5.74, 6) is -1.53. The zero-order valence-corrected chi connectivity index (χ0v) is 22.1. The van der Waals surface area contributed by atoms with Gasteiger partial charge in [0.25, 0.3) is 5.91 Å². The van der Waals surface area contributed by atoms with E-state index in [2.05, 4.69) is 41.9 Å². The SMILES string of the molecule is COC(=O)c1ccc(CN2C(=O)N/C(=C/c3cc(Br)cc(Br)c3OC(=O)c3cccc(C)c3)C2=O)o1. The minimum Gasteiger partial charge on any atom is -0.463 e. The average molecular weight is 618 g/mol. The lowest BCUT2D eigenvalue weighted by Crippen LogP contribution is -2.30. The van der Waals surface area contributed by atoms with Crippen LogP contribution in [-0.2, 0) is 16.1 Å². The van der Waals surface area contributed by atoms with E-state index in [0.717, 1.165) is 10.5 Å². The summed E-state index contributed by atoms with van der Waals surface area (Å²) >= 11 is 6.78. The highest BCUT2D eigenvalue weighted by Crippen LogP contribution is 2.35. The average Bonchev–Trinajstić information content (AvgIpc) is 3.41. The van der Waals surface area contributed by atoms with Gasteiger partial charge in [-0.15, -0.1) is 0 Å². The number of esters is 2. The van der Waals surface area contributed by atoms with E-state index in [0.29, 0.717) is 20.1 Å². The molecule has 2 heterocycles. The van der Waals surface area contributed by atoms with Gasteiger partial charge < -0.3 is 19.2 Å². The number of benzene rings is 2. The molecule has 1 aliphatic heterocycles. The first-order valence-electron chi connectivity index (χ1n) is 10.5. The van der Waals surface area contributed by atoms with E-state index >= 15 is 0 Å². The molecule has 11 heteroatoms. The van der Waals surface area contributed by atoms with Gasteiger partial charge in [0, 0.05) is 10.0 Å². The van der Waals surface area contributed by atoms with Crippen LogP contribution < -0.4 is 10.1 Å². The minimum atomic E-state index is -0.674. The molecule has 2 aromatic carbocycles. The maximum Gasteiger partial charge on any atom is 0.373 e. The molecule has 3 aromatic rings. The number of aryl methyl sites for hydroxylation is 1. The van der Waals surface area contributed by atoms with Gasteiger partial charge in [0.2, 0.25) is 5.76 Å². The first-order chi connectivity index (χ1) is 17.2. The van der Waals surface area contributed by atoms with Crippen LogP contribution in [0.25, 0.3) is 6.08 Å². The Hall–Kier alpha value is -3.70. The van der Waals surface area contributed by atoms with E-state index in [1.807, 2.05) is 13.0 Å².